The van der Waals surface area contributed by atoms with E-state index in [2.05, 4.69) is 4.72 Å². The van der Waals surface area contributed by atoms with Gasteiger partial charge < -0.3 is 4.90 Å². The summed E-state index contributed by atoms with van der Waals surface area (Å²) in [5.41, 5.74) is 2.62. The number of sulfonamides is 1. The Kier molecular flexibility index (Phi) is 4.91. The molecule has 144 valence electrons. The highest BCUT2D eigenvalue weighted by Crippen LogP contribution is 2.30. The standard InChI is InChI=1S/C22H22N2O3S/c1-2-22(25)24-12-11-19-14-20(9-10-21(19)24)28(26,27)23-15-16-7-8-17-5-3-4-6-18(17)13-16/h3-10,13-14,23H,2,11-12,15H2,1H3. The molecular formula is C22H22N2O3S. The molecule has 1 N–H and O–H groups in total. The van der Waals surface area contributed by atoms with E-state index < -0.39 is 10.0 Å². The average Bonchev–Trinajstić information content (AvgIpc) is 3.15. The van der Waals surface area contributed by atoms with Crippen molar-refractivity contribution in [3.8, 4) is 0 Å². The molecule has 1 heterocycles. The fourth-order valence-corrected chi connectivity index (χ4v) is 4.67. The molecule has 28 heavy (non-hydrogen) atoms. The summed E-state index contributed by atoms with van der Waals surface area (Å²) in [6.45, 7) is 2.66. The van der Waals surface area contributed by atoms with Crippen molar-refractivity contribution in [2.24, 2.45) is 0 Å². The first-order valence-corrected chi connectivity index (χ1v) is 10.9. The van der Waals surface area contributed by atoms with Crippen LogP contribution < -0.4 is 9.62 Å². The van der Waals surface area contributed by atoms with Crippen molar-refractivity contribution in [3.63, 3.8) is 0 Å². The number of nitrogens with zero attached hydrogens (tertiary/aromatic N) is 1. The summed E-state index contributed by atoms with van der Waals surface area (Å²) in [4.78, 5) is 14.0. The second kappa shape index (κ2) is 7.37. The Morgan fingerprint density at radius 3 is 2.61 bits per heavy atom. The maximum absolute atomic E-state index is 12.7. The van der Waals surface area contributed by atoms with Crippen LogP contribution >= 0.6 is 0 Å². The Bertz CT molecular complexity index is 1160. The molecule has 0 aliphatic carbocycles. The first kappa shape index (κ1) is 18.7. The van der Waals surface area contributed by atoms with Gasteiger partial charge in [0.15, 0.2) is 0 Å². The molecule has 0 radical (unpaired) electrons. The quantitative estimate of drug-likeness (QED) is 0.719. The van der Waals surface area contributed by atoms with Crippen molar-refractivity contribution in [2.75, 3.05) is 11.4 Å². The first-order chi connectivity index (χ1) is 13.5. The molecule has 6 heteroatoms. The van der Waals surface area contributed by atoms with Crippen LogP contribution in [-0.4, -0.2) is 20.9 Å². The molecule has 0 bridgehead atoms. The van der Waals surface area contributed by atoms with E-state index in [-0.39, 0.29) is 17.3 Å². The van der Waals surface area contributed by atoms with Gasteiger partial charge in [-0.05, 0) is 52.6 Å². The van der Waals surface area contributed by atoms with Gasteiger partial charge in [0.2, 0.25) is 15.9 Å². The lowest BCUT2D eigenvalue weighted by atomic mass is 10.1. The number of nitrogens with one attached hydrogen (secondary N) is 1. The Morgan fingerprint density at radius 2 is 1.82 bits per heavy atom. The highest BCUT2D eigenvalue weighted by Gasteiger charge is 2.25. The van der Waals surface area contributed by atoms with Gasteiger partial charge in [-0.15, -0.1) is 0 Å². The van der Waals surface area contributed by atoms with Crippen LogP contribution in [0.15, 0.2) is 65.6 Å². The van der Waals surface area contributed by atoms with Gasteiger partial charge in [-0.1, -0.05) is 43.3 Å². The van der Waals surface area contributed by atoms with Gasteiger partial charge in [-0.3, -0.25) is 4.79 Å². The number of carbonyl (C=O) groups excluding carboxylic acids is 1. The maximum atomic E-state index is 12.7. The number of rotatable bonds is 5. The van der Waals surface area contributed by atoms with E-state index in [1.54, 1.807) is 23.1 Å². The maximum Gasteiger partial charge on any atom is 0.240 e. The monoisotopic (exact) mass is 394 g/mol. The summed E-state index contributed by atoms with van der Waals surface area (Å²) < 4.78 is 28.2. The summed E-state index contributed by atoms with van der Waals surface area (Å²) in [5.74, 6) is 0.0591. The van der Waals surface area contributed by atoms with Crippen LogP contribution in [0, 0.1) is 0 Å². The van der Waals surface area contributed by atoms with Crippen LogP contribution in [0.5, 0.6) is 0 Å². The number of fused-ring (bicyclic) bond motifs is 2. The zero-order valence-electron chi connectivity index (χ0n) is 15.7. The van der Waals surface area contributed by atoms with E-state index in [0.29, 0.717) is 19.4 Å². The van der Waals surface area contributed by atoms with Crippen molar-refractivity contribution in [2.45, 2.75) is 31.2 Å². The summed E-state index contributed by atoms with van der Waals surface area (Å²) in [7, 11) is -3.63. The lowest BCUT2D eigenvalue weighted by Crippen LogP contribution is -2.27. The molecule has 0 fully saturated rings. The molecule has 0 atom stereocenters. The van der Waals surface area contributed by atoms with Gasteiger partial charge >= 0.3 is 0 Å². The molecule has 4 rings (SSSR count). The van der Waals surface area contributed by atoms with Gasteiger partial charge in [-0.25, -0.2) is 13.1 Å². The normalized spacial score (nSPS) is 13.7. The predicted octanol–water partition coefficient (Wildman–Crippen LogP) is 3.62. The highest BCUT2D eigenvalue weighted by molar-refractivity contribution is 7.89. The Hall–Kier alpha value is -2.70. The smallest absolute Gasteiger partial charge is 0.240 e. The molecule has 3 aromatic carbocycles. The topological polar surface area (TPSA) is 66.5 Å². The summed E-state index contributed by atoms with van der Waals surface area (Å²) in [6, 6.07) is 18.9. The molecule has 3 aromatic rings. The lowest BCUT2D eigenvalue weighted by molar-refractivity contribution is -0.118. The van der Waals surface area contributed by atoms with Crippen molar-refractivity contribution >= 4 is 32.4 Å². The largest absolute Gasteiger partial charge is 0.312 e. The van der Waals surface area contributed by atoms with Crippen molar-refractivity contribution < 1.29 is 13.2 Å². The van der Waals surface area contributed by atoms with Crippen LogP contribution in [0.4, 0.5) is 5.69 Å². The van der Waals surface area contributed by atoms with Gasteiger partial charge in [0.1, 0.15) is 0 Å². The van der Waals surface area contributed by atoms with E-state index in [4.69, 9.17) is 0 Å². The van der Waals surface area contributed by atoms with Gasteiger partial charge in [0.25, 0.3) is 0 Å². The second-order valence-corrected chi connectivity index (χ2v) is 8.71. The summed E-state index contributed by atoms with van der Waals surface area (Å²) in [6.07, 6.45) is 1.11. The number of benzene rings is 3. The molecular weight excluding hydrogens is 372 g/mol. The molecule has 5 nitrogen and oxygen atoms in total. The number of carbonyl (C=O) groups is 1. The molecule has 0 aromatic heterocycles. The number of amides is 1. The fraction of sp³-hybridized carbons (Fsp3) is 0.227. The van der Waals surface area contributed by atoms with Gasteiger partial charge in [0, 0.05) is 25.2 Å². The zero-order chi connectivity index (χ0) is 19.7. The van der Waals surface area contributed by atoms with E-state index in [9.17, 15) is 13.2 Å². The van der Waals surface area contributed by atoms with Crippen molar-refractivity contribution in [1.29, 1.82) is 0 Å². The molecule has 0 saturated heterocycles. The van der Waals surface area contributed by atoms with E-state index >= 15 is 0 Å². The van der Waals surface area contributed by atoms with Crippen LogP contribution in [0.3, 0.4) is 0 Å². The molecule has 1 aliphatic heterocycles. The van der Waals surface area contributed by atoms with E-state index in [0.717, 1.165) is 27.6 Å². The van der Waals surface area contributed by atoms with Crippen LogP contribution in [0.1, 0.15) is 24.5 Å². The molecule has 1 amide bonds. The van der Waals surface area contributed by atoms with Crippen LogP contribution in [-0.2, 0) is 27.8 Å². The number of hydrogen-bond donors (Lipinski definition) is 1. The third kappa shape index (κ3) is 3.53. The average molecular weight is 394 g/mol. The molecule has 0 saturated carbocycles. The fourth-order valence-electron chi connectivity index (χ4n) is 3.61. The van der Waals surface area contributed by atoms with Crippen LogP contribution in [0.2, 0.25) is 0 Å². The molecule has 0 spiro atoms. The SMILES string of the molecule is CCC(=O)N1CCc2cc(S(=O)(=O)NCc3ccc4ccccc4c3)ccc21. The van der Waals surface area contributed by atoms with E-state index in [1.165, 1.54) is 0 Å². The van der Waals surface area contributed by atoms with Crippen molar-refractivity contribution in [1.82, 2.24) is 4.72 Å². The van der Waals surface area contributed by atoms with Crippen molar-refractivity contribution in [3.05, 3.63) is 71.8 Å². The van der Waals surface area contributed by atoms with Gasteiger partial charge in [0.05, 0.1) is 4.90 Å². The minimum absolute atomic E-state index is 0.0591. The first-order valence-electron chi connectivity index (χ1n) is 9.38. The minimum atomic E-state index is -3.63. The summed E-state index contributed by atoms with van der Waals surface area (Å²) in [5, 5.41) is 2.20. The third-order valence-corrected chi connectivity index (χ3v) is 6.54. The summed E-state index contributed by atoms with van der Waals surface area (Å²) >= 11 is 0. The Balaban J connectivity index is 1.53. The number of anilines is 1. The molecule has 1 aliphatic rings. The Labute approximate surface area is 165 Å². The molecule has 0 unspecified atom stereocenters. The van der Waals surface area contributed by atoms with Gasteiger partial charge in [-0.2, -0.15) is 0 Å². The second-order valence-electron chi connectivity index (χ2n) is 6.95. The third-order valence-electron chi connectivity index (χ3n) is 5.14. The lowest BCUT2D eigenvalue weighted by Gasteiger charge is -2.16. The highest BCUT2D eigenvalue weighted by atomic mass is 32.2. The number of hydrogen-bond acceptors (Lipinski definition) is 3. The van der Waals surface area contributed by atoms with E-state index in [1.807, 2.05) is 49.4 Å². The van der Waals surface area contributed by atoms with Crippen LogP contribution in [0.25, 0.3) is 10.8 Å². The minimum Gasteiger partial charge on any atom is -0.312 e. The zero-order valence-corrected chi connectivity index (χ0v) is 16.5. The predicted molar refractivity (Wildman–Crippen MR) is 111 cm³/mol. The Morgan fingerprint density at radius 1 is 1.04 bits per heavy atom.